The summed E-state index contributed by atoms with van der Waals surface area (Å²) in [6, 6.07) is 0.549. The average molecular weight is 274 g/mol. The lowest BCUT2D eigenvalue weighted by molar-refractivity contribution is -0.000156. The van der Waals surface area contributed by atoms with Crippen LogP contribution in [-0.2, 0) is 0 Å². The third-order valence-electron chi connectivity index (χ3n) is 5.81. The summed E-state index contributed by atoms with van der Waals surface area (Å²) in [4.78, 5) is 15.3. The summed E-state index contributed by atoms with van der Waals surface area (Å²) in [5.74, 6) is 2.71. The van der Waals surface area contributed by atoms with Gasteiger partial charge in [0.25, 0.3) is 0 Å². The molecule has 2 aliphatic carbocycles. The minimum absolute atomic E-state index is 0.495. The number of fused-ring (bicyclic) bond motifs is 2. The van der Waals surface area contributed by atoms with Crippen molar-refractivity contribution in [3.05, 3.63) is 24.6 Å². The minimum Gasteiger partial charge on any atom is -0.465 e. The molecule has 1 saturated carbocycles. The van der Waals surface area contributed by atoms with Crippen LogP contribution in [0, 0.1) is 23.7 Å². The van der Waals surface area contributed by atoms with Crippen molar-refractivity contribution in [1.82, 2.24) is 9.80 Å². The van der Waals surface area contributed by atoms with E-state index in [2.05, 4.69) is 17.1 Å². The van der Waals surface area contributed by atoms with Gasteiger partial charge in [-0.15, -0.1) is 0 Å². The molecule has 4 aliphatic rings. The van der Waals surface area contributed by atoms with Crippen LogP contribution >= 0.6 is 0 Å². The molecule has 1 N–H and O–H groups in total. The number of nitrogens with zero attached hydrogens (tertiary/aromatic N) is 2. The van der Waals surface area contributed by atoms with Gasteiger partial charge in [0.15, 0.2) is 0 Å². The Kier molecular flexibility index (Phi) is 2.79. The molecule has 4 rings (SSSR count). The third kappa shape index (κ3) is 1.77. The van der Waals surface area contributed by atoms with Crippen molar-refractivity contribution in [1.29, 1.82) is 0 Å². The Morgan fingerprint density at radius 2 is 2.05 bits per heavy atom. The van der Waals surface area contributed by atoms with E-state index in [1.54, 1.807) is 6.20 Å². The van der Waals surface area contributed by atoms with Crippen molar-refractivity contribution < 1.29 is 9.90 Å². The van der Waals surface area contributed by atoms with Crippen molar-refractivity contribution in [3.63, 3.8) is 0 Å². The molecule has 4 nitrogen and oxygen atoms in total. The Morgan fingerprint density at radius 1 is 1.15 bits per heavy atom. The second-order valence-electron chi connectivity index (χ2n) is 6.78. The molecule has 0 spiro atoms. The summed E-state index contributed by atoms with van der Waals surface area (Å²) in [6.45, 7) is 1.77. The van der Waals surface area contributed by atoms with E-state index in [-0.39, 0.29) is 0 Å². The lowest BCUT2D eigenvalue weighted by Gasteiger charge is -2.52. The monoisotopic (exact) mass is 274 g/mol. The SMILES string of the molecule is O=C(O)N1C=CN2CC3CC=CC3C3CCCC(C1)C32. The van der Waals surface area contributed by atoms with Crippen LogP contribution in [0.2, 0.25) is 0 Å². The number of hydrogen-bond acceptors (Lipinski definition) is 2. The van der Waals surface area contributed by atoms with E-state index in [9.17, 15) is 9.90 Å². The van der Waals surface area contributed by atoms with E-state index in [0.717, 1.165) is 24.3 Å². The highest BCUT2D eigenvalue weighted by Crippen LogP contribution is 2.48. The normalized spacial score (nSPS) is 42.1. The molecule has 5 unspecified atom stereocenters. The summed E-state index contributed by atoms with van der Waals surface area (Å²) in [5, 5.41) is 9.30. The molecular weight excluding hydrogens is 252 g/mol. The summed E-state index contributed by atoms with van der Waals surface area (Å²) in [6.07, 6.45) is 12.7. The molecule has 0 radical (unpaired) electrons. The lowest BCUT2D eigenvalue weighted by Crippen LogP contribution is -2.55. The standard InChI is InChI=1S/C16H22N2O2/c19-16(20)18-8-7-17-9-11-3-1-5-13(11)14-6-2-4-12(10-18)15(14)17/h1,5,7-8,11-15H,2-4,6,9-10H2,(H,19,20). The molecule has 5 atom stereocenters. The van der Waals surface area contributed by atoms with Crippen LogP contribution in [0.5, 0.6) is 0 Å². The zero-order chi connectivity index (χ0) is 13.7. The Hall–Kier alpha value is -1.45. The molecule has 0 aromatic carbocycles. The highest BCUT2D eigenvalue weighted by atomic mass is 16.4. The molecule has 2 aliphatic heterocycles. The molecular formula is C16H22N2O2. The first kappa shape index (κ1) is 12.3. The van der Waals surface area contributed by atoms with Gasteiger partial charge in [-0.2, -0.15) is 0 Å². The van der Waals surface area contributed by atoms with E-state index in [4.69, 9.17) is 0 Å². The molecule has 0 aromatic rings. The molecule has 2 fully saturated rings. The van der Waals surface area contributed by atoms with E-state index >= 15 is 0 Å². The van der Waals surface area contributed by atoms with Gasteiger partial charge in [0.05, 0.1) is 0 Å². The largest absolute Gasteiger partial charge is 0.465 e. The average Bonchev–Trinajstić information content (AvgIpc) is 2.82. The predicted octanol–water partition coefficient (Wildman–Crippen LogP) is 2.74. The summed E-state index contributed by atoms with van der Waals surface area (Å²) in [7, 11) is 0. The maximum absolute atomic E-state index is 11.3. The predicted molar refractivity (Wildman–Crippen MR) is 75.9 cm³/mol. The van der Waals surface area contributed by atoms with Crippen LogP contribution in [0.1, 0.15) is 25.7 Å². The van der Waals surface area contributed by atoms with Crippen LogP contribution in [-0.4, -0.2) is 40.1 Å². The summed E-state index contributed by atoms with van der Waals surface area (Å²) < 4.78 is 0. The number of piperidine rings is 1. The number of carbonyl (C=O) groups is 1. The first-order valence-corrected chi connectivity index (χ1v) is 7.84. The molecule has 1 amide bonds. The van der Waals surface area contributed by atoms with Gasteiger partial charge >= 0.3 is 6.09 Å². The maximum atomic E-state index is 11.3. The summed E-state index contributed by atoms with van der Waals surface area (Å²) >= 11 is 0. The van der Waals surface area contributed by atoms with Crippen LogP contribution in [0.3, 0.4) is 0 Å². The fourth-order valence-corrected chi connectivity index (χ4v) is 5.03. The minimum atomic E-state index is -0.816. The molecule has 0 bridgehead atoms. The van der Waals surface area contributed by atoms with Crippen LogP contribution in [0.15, 0.2) is 24.6 Å². The van der Waals surface area contributed by atoms with Crippen LogP contribution < -0.4 is 0 Å². The van der Waals surface area contributed by atoms with Gasteiger partial charge in [0.2, 0.25) is 0 Å². The zero-order valence-electron chi connectivity index (χ0n) is 11.7. The first-order valence-electron chi connectivity index (χ1n) is 7.84. The smallest absolute Gasteiger partial charge is 0.411 e. The van der Waals surface area contributed by atoms with Crippen LogP contribution in [0.25, 0.3) is 0 Å². The quantitative estimate of drug-likeness (QED) is 0.691. The van der Waals surface area contributed by atoms with Gasteiger partial charge in [-0.25, -0.2) is 4.79 Å². The number of carboxylic acid groups (broad SMARTS) is 1. The van der Waals surface area contributed by atoms with Crippen molar-refractivity contribution in [2.45, 2.75) is 31.7 Å². The Morgan fingerprint density at radius 3 is 2.90 bits per heavy atom. The topological polar surface area (TPSA) is 43.8 Å². The molecule has 1 saturated heterocycles. The zero-order valence-corrected chi connectivity index (χ0v) is 11.7. The fourth-order valence-electron chi connectivity index (χ4n) is 5.03. The second kappa shape index (κ2) is 4.54. The molecule has 108 valence electrons. The number of amides is 1. The van der Waals surface area contributed by atoms with Crippen molar-refractivity contribution in [2.24, 2.45) is 23.7 Å². The second-order valence-corrected chi connectivity index (χ2v) is 6.78. The van der Waals surface area contributed by atoms with Gasteiger partial charge in [-0.05, 0) is 42.9 Å². The lowest BCUT2D eigenvalue weighted by atomic mass is 9.65. The highest BCUT2D eigenvalue weighted by Gasteiger charge is 2.48. The van der Waals surface area contributed by atoms with Gasteiger partial charge in [-0.1, -0.05) is 18.6 Å². The number of rotatable bonds is 0. The van der Waals surface area contributed by atoms with Gasteiger partial charge in [0.1, 0.15) is 0 Å². The first-order chi connectivity index (χ1) is 9.74. The Bertz CT molecular complexity index is 473. The van der Waals surface area contributed by atoms with Gasteiger partial charge in [0, 0.05) is 31.5 Å². The van der Waals surface area contributed by atoms with Gasteiger partial charge in [-0.3, -0.25) is 4.90 Å². The Balaban J connectivity index is 1.67. The van der Waals surface area contributed by atoms with E-state index < -0.39 is 6.09 Å². The molecule has 20 heavy (non-hydrogen) atoms. The van der Waals surface area contributed by atoms with E-state index in [1.807, 2.05) is 6.20 Å². The third-order valence-corrected chi connectivity index (χ3v) is 5.81. The maximum Gasteiger partial charge on any atom is 0.411 e. The van der Waals surface area contributed by atoms with E-state index in [1.165, 1.54) is 30.6 Å². The van der Waals surface area contributed by atoms with Crippen LogP contribution in [0.4, 0.5) is 4.79 Å². The number of hydrogen-bond donors (Lipinski definition) is 1. The highest BCUT2D eigenvalue weighted by molar-refractivity contribution is 5.66. The summed E-state index contributed by atoms with van der Waals surface area (Å²) in [5.41, 5.74) is 0. The molecule has 4 heteroatoms. The van der Waals surface area contributed by atoms with Crippen molar-refractivity contribution in [3.8, 4) is 0 Å². The van der Waals surface area contributed by atoms with Crippen molar-refractivity contribution in [2.75, 3.05) is 13.1 Å². The van der Waals surface area contributed by atoms with Crippen molar-refractivity contribution >= 4 is 6.09 Å². The molecule has 2 heterocycles. The molecule has 0 aromatic heterocycles. The van der Waals surface area contributed by atoms with Gasteiger partial charge < -0.3 is 10.0 Å². The fraction of sp³-hybridized carbons (Fsp3) is 0.688. The Labute approximate surface area is 119 Å². The van der Waals surface area contributed by atoms with E-state index in [0.29, 0.717) is 18.5 Å². The number of allylic oxidation sites excluding steroid dienone is 2.